The molecule has 0 spiro atoms. The molecule has 2 fully saturated rings. The third kappa shape index (κ3) is 3.01. The van der Waals surface area contributed by atoms with Gasteiger partial charge in [0.2, 0.25) is 0 Å². The highest BCUT2D eigenvalue weighted by Gasteiger charge is 2.62. The molecule has 0 aromatic rings. The Hall–Kier alpha value is -0.350. The SMILES string of the molecule is C=C(C)[C@@H](C)CC[C@]1(C)[C@@H]2CC=C3CO[C@@H](O)[C@H]3[C@@]2(C)C[C@H](O)[C@@H]1Cl. The van der Waals surface area contributed by atoms with Crippen LogP contribution in [0.3, 0.4) is 0 Å². The van der Waals surface area contributed by atoms with Gasteiger partial charge in [-0.3, -0.25) is 0 Å². The van der Waals surface area contributed by atoms with E-state index in [4.69, 9.17) is 16.3 Å². The molecule has 8 atom stereocenters. The van der Waals surface area contributed by atoms with Crippen LogP contribution in [0.1, 0.15) is 53.4 Å². The summed E-state index contributed by atoms with van der Waals surface area (Å²) in [6, 6.07) is 0. The number of fused-ring (bicyclic) bond motifs is 3. The molecule has 0 bridgehead atoms. The van der Waals surface area contributed by atoms with Crippen molar-refractivity contribution in [1.82, 2.24) is 0 Å². The van der Waals surface area contributed by atoms with Crippen LogP contribution in [0.25, 0.3) is 0 Å². The van der Waals surface area contributed by atoms with Gasteiger partial charge in [0, 0.05) is 5.92 Å². The molecule has 3 aliphatic rings. The highest BCUT2D eigenvalue weighted by molar-refractivity contribution is 6.21. The van der Waals surface area contributed by atoms with E-state index >= 15 is 0 Å². The second-order valence-electron chi connectivity index (χ2n) is 9.22. The summed E-state index contributed by atoms with van der Waals surface area (Å²) in [6.45, 7) is 13.3. The Kier molecular flexibility index (Phi) is 5.18. The van der Waals surface area contributed by atoms with Crippen LogP contribution in [0, 0.1) is 28.6 Å². The van der Waals surface area contributed by atoms with Crippen LogP contribution in [0.15, 0.2) is 23.8 Å². The minimum Gasteiger partial charge on any atom is -0.392 e. The first-order chi connectivity index (χ1) is 11.6. The highest BCUT2D eigenvalue weighted by atomic mass is 35.5. The summed E-state index contributed by atoms with van der Waals surface area (Å²) in [7, 11) is 0. The minimum absolute atomic E-state index is 0.0250. The predicted octanol–water partition coefficient (Wildman–Crippen LogP) is 4.27. The normalized spacial score (nSPS) is 47.6. The maximum absolute atomic E-state index is 10.8. The molecule has 2 aliphatic carbocycles. The fraction of sp³-hybridized carbons (Fsp3) is 0.810. The zero-order chi connectivity index (χ0) is 18.6. The van der Waals surface area contributed by atoms with Gasteiger partial charge >= 0.3 is 0 Å². The Labute approximate surface area is 157 Å². The summed E-state index contributed by atoms with van der Waals surface area (Å²) in [6.07, 6.45) is 4.49. The average molecular weight is 369 g/mol. The molecule has 3 nitrogen and oxygen atoms in total. The second-order valence-corrected chi connectivity index (χ2v) is 9.69. The van der Waals surface area contributed by atoms with Crippen LogP contribution in [-0.2, 0) is 4.74 Å². The Bertz CT molecular complexity index is 573. The van der Waals surface area contributed by atoms with Crippen LogP contribution in [-0.4, -0.2) is 34.6 Å². The lowest BCUT2D eigenvalue weighted by Crippen LogP contribution is -2.60. The smallest absolute Gasteiger partial charge is 0.162 e. The number of rotatable bonds is 4. The number of ether oxygens (including phenoxy) is 1. The number of aliphatic hydroxyl groups excluding tert-OH is 2. The predicted molar refractivity (Wildman–Crippen MR) is 101 cm³/mol. The summed E-state index contributed by atoms with van der Waals surface area (Å²) in [5.74, 6) is 0.748. The van der Waals surface area contributed by atoms with Gasteiger partial charge in [0.1, 0.15) is 0 Å². The third-order valence-corrected chi connectivity index (χ3v) is 8.39. The molecule has 1 saturated carbocycles. The molecule has 0 radical (unpaired) electrons. The number of halogens is 1. The van der Waals surface area contributed by atoms with Crippen molar-refractivity contribution in [3.05, 3.63) is 23.8 Å². The fourth-order valence-corrected chi connectivity index (χ4v) is 6.15. The van der Waals surface area contributed by atoms with Crippen LogP contribution >= 0.6 is 11.6 Å². The van der Waals surface area contributed by atoms with Gasteiger partial charge in [-0.25, -0.2) is 0 Å². The van der Waals surface area contributed by atoms with Gasteiger partial charge in [-0.15, -0.1) is 11.6 Å². The quantitative estimate of drug-likeness (QED) is 0.575. The van der Waals surface area contributed by atoms with E-state index < -0.39 is 12.4 Å². The van der Waals surface area contributed by atoms with E-state index in [9.17, 15) is 10.2 Å². The zero-order valence-corrected chi connectivity index (χ0v) is 16.7. The lowest BCUT2D eigenvalue weighted by Gasteiger charge is -2.60. The van der Waals surface area contributed by atoms with Crippen molar-refractivity contribution >= 4 is 11.6 Å². The summed E-state index contributed by atoms with van der Waals surface area (Å²) in [5, 5.41) is 21.0. The number of hydrogen-bond donors (Lipinski definition) is 2. The first-order valence-electron chi connectivity index (χ1n) is 9.57. The molecule has 1 saturated heterocycles. The average Bonchev–Trinajstić information content (AvgIpc) is 2.93. The van der Waals surface area contributed by atoms with E-state index in [-0.39, 0.29) is 22.1 Å². The Balaban J connectivity index is 1.94. The molecule has 0 amide bonds. The molecular weight excluding hydrogens is 336 g/mol. The number of alkyl halides is 1. The van der Waals surface area contributed by atoms with E-state index in [0.717, 1.165) is 19.3 Å². The largest absolute Gasteiger partial charge is 0.392 e. The summed E-state index contributed by atoms with van der Waals surface area (Å²) in [5.41, 5.74) is 2.03. The van der Waals surface area contributed by atoms with Crippen molar-refractivity contribution in [3.63, 3.8) is 0 Å². The van der Waals surface area contributed by atoms with Crippen molar-refractivity contribution in [2.75, 3.05) is 6.61 Å². The molecule has 4 heteroatoms. The molecule has 0 unspecified atom stereocenters. The van der Waals surface area contributed by atoms with Gasteiger partial charge < -0.3 is 14.9 Å². The van der Waals surface area contributed by atoms with E-state index in [1.165, 1.54) is 11.1 Å². The van der Waals surface area contributed by atoms with Gasteiger partial charge in [-0.1, -0.05) is 39.0 Å². The van der Waals surface area contributed by atoms with Crippen LogP contribution < -0.4 is 0 Å². The zero-order valence-electron chi connectivity index (χ0n) is 16.0. The number of allylic oxidation sites excluding steroid dienone is 2. The van der Waals surface area contributed by atoms with Gasteiger partial charge in [-0.2, -0.15) is 0 Å². The van der Waals surface area contributed by atoms with E-state index in [2.05, 4.69) is 40.3 Å². The lowest BCUT2D eigenvalue weighted by molar-refractivity contribution is -0.160. The fourth-order valence-electron chi connectivity index (χ4n) is 5.80. The molecule has 142 valence electrons. The monoisotopic (exact) mass is 368 g/mol. The van der Waals surface area contributed by atoms with Crippen LogP contribution in [0.5, 0.6) is 0 Å². The van der Waals surface area contributed by atoms with Crippen LogP contribution in [0.2, 0.25) is 0 Å². The van der Waals surface area contributed by atoms with Crippen molar-refractivity contribution in [2.24, 2.45) is 28.6 Å². The van der Waals surface area contributed by atoms with Crippen molar-refractivity contribution < 1.29 is 14.9 Å². The first-order valence-corrected chi connectivity index (χ1v) is 10.0. The summed E-state index contributed by atoms with van der Waals surface area (Å²) < 4.78 is 5.53. The van der Waals surface area contributed by atoms with Gasteiger partial charge in [0.15, 0.2) is 6.29 Å². The number of hydrogen-bond acceptors (Lipinski definition) is 3. The summed E-state index contributed by atoms with van der Waals surface area (Å²) >= 11 is 6.81. The van der Waals surface area contributed by atoms with Gasteiger partial charge in [0.25, 0.3) is 0 Å². The van der Waals surface area contributed by atoms with E-state index in [1.807, 2.05) is 0 Å². The molecule has 3 rings (SSSR count). The Morgan fingerprint density at radius 1 is 1.44 bits per heavy atom. The minimum atomic E-state index is -0.767. The highest BCUT2D eigenvalue weighted by Crippen LogP contribution is 2.64. The second kappa shape index (κ2) is 6.67. The van der Waals surface area contributed by atoms with Crippen LogP contribution in [0.4, 0.5) is 0 Å². The number of aliphatic hydroxyl groups is 2. The topological polar surface area (TPSA) is 49.7 Å². The molecule has 1 aliphatic heterocycles. The first kappa shape index (κ1) is 19.4. The molecular formula is C21H33ClO3. The molecule has 25 heavy (non-hydrogen) atoms. The molecule has 1 heterocycles. The standard InChI is InChI=1S/C21H33ClO3/c1-12(2)13(3)8-9-20(4)16-7-6-14-11-25-19(24)17(14)21(16,5)10-15(23)18(20)22/h6,13,15-19,23-24H,1,7-11H2,2-5H3/t13-,15-,16-,17-,18-,19+,20+,21-/m0/s1. The van der Waals surface area contributed by atoms with E-state index in [1.54, 1.807) is 0 Å². The van der Waals surface area contributed by atoms with Crippen molar-refractivity contribution in [3.8, 4) is 0 Å². The molecule has 0 aromatic carbocycles. The van der Waals surface area contributed by atoms with E-state index in [0.29, 0.717) is 24.9 Å². The maximum Gasteiger partial charge on any atom is 0.162 e. The third-order valence-electron chi connectivity index (χ3n) is 7.60. The van der Waals surface area contributed by atoms with Crippen molar-refractivity contribution in [2.45, 2.75) is 71.1 Å². The Morgan fingerprint density at radius 3 is 2.76 bits per heavy atom. The van der Waals surface area contributed by atoms with Gasteiger partial charge in [-0.05, 0) is 60.8 Å². The molecule has 0 aromatic heterocycles. The van der Waals surface area contributed by atoms with Crippen molar-refractivity contribution in [1.29, 1.82) is 0 Å². The Morgan fingerprint density at radius 2 is 2.12 bits per heavy atom. The van der Waals surface area contributed by atoms with Gasteiger partial charge in [0.05, 0.1) is 18.1 Å². The summed E-state index contributed by atoms with van der Waals surface area (Å²) in [4.78, 5) is 0. The maximum atomic E-state index is 10.8. The molecule has 2 N–H and O–H groups in total. The lowest BCUT2D eigenvalue weighted by atomic mass is 9.46.